The number of anilines is 1. The lowest BCUT2D eigenvalue weighted by Crippen LogP contribution is -2.18. The molecule has 0 aliphatic carbocycles. The first kappa shape index (κ1) is 25.5. The van der Waals surface area contributed by atoms with Gasteiger partial charge in [-0.05, 0) is 74.4 Å². The standard InChI is InChI=1S/C32H27BrN2O3S/c1-20-15-17-25(18-16-20)39(36,37)34-30-27-12-5-7-14-29(27)38-32(30)31(23-9-8-10-24(33)19-23)35-22(3)21(2)26-11-4-6-13-28(26)35/h4-19,31,34H,1-3H3. The lowest BCUT2D eigenvalue weighted by molar-refractivity contribution is 0.492. The van der Waals surface area contributed by atoms with Crippen molar-refractivity contribution in [1.82, 2.24) is 4.57 Å². The fourth-order valence-electron chi connectivity index (χ4n) is 5.26. The number of fused-ring (bicyclic) bond motifs is 2. The van der Waals surface area contributed by atoms with Crippen molar-refractivity contribution in [3.63, 3.8) is 0 Å². The first-order chi connectivity index (χ1) is 18.7. The van der Waals surface area contributed by atoms with Gasteiger partial charge in [0, 0.05) is 26.5 Å². The molecule has 0 aliphatic rings. The normalized spacial score (nSPS) is 12.7. The van der Waals surface area contributed by atoms with E-state index in [1.807, 2.05) is 61.5 Å². The van der Waals surface area contributed by atoms with Crippen molar-refractivity contribution in [2.45, 2.75) is 31.7 Å². The zero-order chi connectivity index (χ0) is 27.3. The molecule has 4 aromatic carbocycles. The van der Waals surface area contributed by atoms with Crippen LogP contribution in [0.25, 0.3) is 21.9 Å². The number of aromatic nitrogens is 1. The Balaban J connectivity index is 1.65. The van der Waals surface area contributed by atoms with Gasteiger partial charge in [0.05, 0.1) is 4.90 Å². The van der Waals surface area contributed by atoms with Crippen LogP contribution < -0.4 is 4.72 Å². The summed E-state index contributed by atoms with van der Waals surface area (Å²) >= 11 is 3.64. The molecule has 0 spiro atoms. The van der Waals surface area contributed by atoms with Crippen molar-refractivity contribution >= 4 is 53.5 Å². The monoisotopic (exact) mass is 598 g/mol. The summed E-state index contributed by atoms with van der Waals surface area (Å²) in [5.74, 6) is 0.522. The molecule has 0 fully saturated rings. The molecule has 0 aliphatic heterocycles. The summed E-state index contributed by atoms with van der Waals surface area (Å²) in [4.78, 5) is 0.196. The largest absolute Gasteiger partial charge is 0.456 e. The zero-order valence-corrected chi connectivity index (χ0v) is 24.2. The third kappa shape index (κ3) is 4.45. The van der Waals surface area contributed by atoms with Crippen LogP contribution in [0.15, 0.2) is 111 Å². The van der Waals surface area contributed by atoms with Gasteiger partial charge in [0.25, 0.3) is 10.0 Å². The summed E-state index contributed by atoms with van der Waals surface area (Å²) in [5.41, 5.74) is 6.29. The van der Waals surface area contributed by atoms with E-state index in [4.69, 9.17) is 4.42 Å². The van der Waals surface area contributed by atoms with E-state index in [2.05, 4.69) is 57.3 Å². The SMILES string of the molecule is Cc1ccc(S(=O)(=O)Nc2c(C(c3cccc(Br)c3)n3c(C)c(C)c4ccccc43)oc3ccccc23)cc1. The lowest BCUT2D eigenvalue weighted by atomic mass is 10.0. The van der Waals surface area contributed by atoms with Gasteiger partial charge in [0.1, 0.15) is 17.3 Å². The number of furan rings is 1. The highest BCUT2D eigenvalue weighted by molar-refractivity contribution is 9.10. The van der Waals surface area contributed by atoms with E-state index in [0.717, 1.165) is 32.2 Å². The lowest BCUT2D eigenvalue weighted by Gasteiger charge is -2.23. The second kappa shape index (κ2) is 9.74. The second-order valence-corrected chi connectivity index (χ2v) is 12.4. The van der Waals surface area contributed by atoms with Crippen LogP contribution in [0.5, 0.6) is 0 Å². The van der Waals surface area contributed by atoms with Gasteiger partial charge in [0.15, 0.2) is 5.76 Å². The first-order valence-electron chi connectivity index (χ1n) is 12.7. The summed E-state index contributed by atoms with van der Waals surface area (Å²) < 4.78 is 40.0. The van der Waals surface area contributed by atoms with Crippen molar-refractivity contribution in [2.24, 2.45) is 0 Å². The Kier molecular flexibility index (Phi) is 6.36. The molecule has 1 N–H and O–H groups in total. The Hall–Kier alpha value is -3.81. The van der Waals surface area contributed by atoms with Gasteiger partial charge in [-0.3, -0.25) is 4.72 Å². The number of nitrogens with zero attached hydrogens (tertiary/aromatic N) is 1. The molecule has 0 radical (unpaired) electrons. The number of aryl methyl sites for hydroxylation is 2. The molecule has 0 saturated carbocycles. The Morgan fingerprint density at radius 1 is 0.821 bits per heavy atom. The summed E-state index contributed by atoms with van der Waals surface area (Å²) in [6.07, 6.45) is 0. The van der Waals surface area contributed by atoms with E-state index in [-0.39, 0.29) is 4.90 Å². The fourth-order valence-corrected chi connectivity index (χ4v) is 6.77. The Labute approximate surface area is 236 Å². The number of hydrogen-bond acceptors (Lipinski definition) is 3. The van der Waals surface area contributed by atoms with Gasteiger partial charge in [-0.1, -0.05) is 76.1 Å². The van der Waals surface area contributed by atoms with E-state index < -0.39 is 16.1 Å². The molecule has 6 rings (SSSR count). The Morgan fingerprint density at radius 3 is 2.26 bits per heavy atom. The van der Waals surface area contributed by atoms with Crippen molar-refractivity contribution in [3.05, 3.63) is 130 Å². The molecule has 1 atom stereocenters. The minimum absolute atomic E-state index is 0.196. The van der Waals surface area contributed by atoms with Crippen LogP contribution in [0.3, 0.4) is 0 Å². The molecule has 1 unspecified atom stereocenters. The molecule has 0 saturated heterocycles. The van der Waals surface area contributed by atoms with E-state index >= 15 is 0 Å². The summed E-state index contributed by atoms with van der Waals surface area (Å²) in [6.45, 7) is 6.14. The molecule has 2 aromatic heterocycles. The van der Waals surface area contributed by atoms with Gasteiger partial charge in [-0.2, -0.15) is 0 Å². The Morgan fingerprint density at radius 2 is 1.51 bits per heavy atom. The van der Waals surface area contributed by atoms with Crippen molar-refractivity contribution < 1.29 is 12.8 Å². The maximum absolute atomic E-state index is 13.7. The highest BCUT2D eigenvalue weighted by Crippen LogP contribution is 2.43. The van der Waals surface area contributed by atoms with Crippen molar-refractivity contribution in [1.29, 1.82) is 0 Å². The third-order valence-electron chi connectivity index (χ3n) is 7.33. The second-order valence-electron chi connectivity index (χ2n) is 9.81. The minimum Gasteiger partial charge on any atom is -0.456 e. The van der Waals surface area contributed by atoms with Gasteiger partial charge >= 0.3 is 0 Å². The quantitative estimate of drug-likeness (QED) is 0.209. The Bertz CT molecular complexity index is 1950. The molecule has 2 heterocycles. The summed E-state index contributed by atoms with van der Waals surface area (Å²) in [6, 6.07) is 30.3. The number of benzene rings is 4. The van der Waals surface area contributed by atoms with Gasteiger partial charge in [-0.25, -0.2) is 8.42 Å². The summed E-state index contributed by atoms with van der Waals surface area (Å²) in [5, 5.41) is 1.85. The van der Waals surface area contributed by atoms with Crippen LogP contribution in [-0.2, 0) is 10.0 Å². The number of para-hydroxylation sites is 2. The van der Waals surface area contributed by atoms with Crippen LogP contribution in [0.1, 0.15) is 34.2 Å². The molecular weight excluding hydrogens is 572 g/mol. The average Bonchev–Trinajstić information content (AvgIpc) is 3.40. The molecule has 39 heavy (non-hydrogen) atoms. The van der Waals surface area contributed by atoms with Gasteiger partial charge in [-0.15, -0.1) is 0 Å². The highest BCUT2D eigenvalue weighted by atomic mass is 79.9. The smallest absolute Gasteiger partial charge is 0.262 e. The molecule has 196 valence electrons. The topological polar surface area (TPSA) is 64.2 Å². The first-order valence-corrected chi connectivity index (χ1v) is 14.9. The van der Waals surface area contributed by atoms with Crippen LogP contribution >= 0.6 is 15.9 Å². The number of nitrogens with one attached hydrogen (secondary N) is 1. The molecule has 0 bridgehead atoms. The number of hydrogen-bond donors (Lipinski definition) is 1. The van der Waals surface area contributed by atoms with E-state index in [0.29, 0.717) is 22.4 Å². The fraction of sp³-hybridized carbons (Fsp3) is 0.125. The van der Waals surface area contributed by atoms with Gasteiger partial charge < -0.3 is 8.98 Å². The number of sulfonamides is 1. The summed E-state index contributed by atoms with van der Waals surface area (Å²) in [7, 11) is -3.90. The predicted molar refractivity (Wildman–Crippen MR) is 161 cm³/mol. The molecule has 0 amide bonds. The van der Waals surface area contributed by atoms with E-state index in [1.165, 1.54) is 5.56 Å². The van der Waals surface area contributed by atoms with Gasteiger partial charge in [0.2, 0.25) is 0 Å². The molecular formula is C32H27BrN2O3S. The zero-order valence-electron chi connectivity index (χ0n) is 21.8. The third-order valence-corrected chi connectivity index (χ3v) is 9.19. The maximum atomic E-state index is 13.7. The van der Waals surface area contributed by atoms with E-state index in [9.17, 15) is 8.42 Å². The number of rotatable bonds is 6. The number of halogens is 1. The van der Waals surface area contributed by atoms with Crippen molar-refractivity contribution in [2.75, 3.05) is 4.72 Å². The minimum atomic E-state index is -3.90. The van der Waals surface area contributed by atoms with E-state index in [1.54, 1.807) is 24.3 Å². The molecule has 6 aromatic rings. The average molecular weight is 600 g/mol. The van der Waals surface area contributed by atoms with Crippen molar-refractivity contribution in [3.8, 4) is 0 Å². The van der Waals surface area contributed by atoms with Crippen LogP contribution in [-0.4, -0.2) is 13.0 Å². The maximum Gasteiger partial charge on any atom is 0.262 e. The van der Waals surface area contributed by atoms with Crippen LogP contribution in [0.2, 0.25) is 0 Å². The highest BCUT2D eigenvalue weighted by Gasteiger charge is 2.31. The molecule has 5 nitrogen and oxygen atoms in total. The molecule has 7 heteroatoms. The predicted octanol–water partition coefficient (Wildman–Crippen LogP) is 8.51. The van der Waals surface area contributed by atoms with Crippen LogP contribution in [0, 0.1) is 20.8 Å². The van der Waals surface area contributed by atoms with Crippen LogP contribution in [0.4, 0.5) is 5.69 Å².